The number of carboxylic acid groups (broad SMARTS) is 1. The molecule has 0 atom stereocenters. The van der Waals surface area contributed by atoms with Crippen LogP contribution in [0.1, 0.15) is 27.0 Å². The van der Waals surface area contributed by atoms with Gasteiger partial charge in [0.15, 0.2) is 0 Å². The molecule has 3 heteroatoms. The summed E-state index contributed by atoms with van der Waals surface area (Å²) in [5.41, 5.74) is 5.63. The van der Waals surface area contributed by atoms with Gasteiger partial charge in [0, 0.05) is 11.8 Å². The van der Waals surface area contributed by atoms with Gasteiger partial charge in [-0.15, -0.1) is 0 Å². The lowest BCUT2D eigenvalue weighted by Gasteiger charge is -2.10. The molecule has 2 rings (SSSR count). The summed E-state index contributed by atoms with van der Waals surface area (Å²) in [7, 11) is 0. The number of carbonyl (C=O) groups is 1. The van der Waals surface area contributed by atoms with Crippen LogP contribution in [-0.4, -0.2) is 16.1 Å². The van der Waals surface area contributed by atoms with E-state index < -0.39 is 5.97 Å². The molecular weight excluding hydrogens is 226 g/mol. The maximum Gasteiger partial charge on any atom is 0.337 e. The second kappa shape index (κ2) is 4.61. The fourth-order valence-corrected chi connectivity index (χ4v) is 2.25. The first-order chi connectivity index (χ1) is 8.49. The summed E-state index contributed by atoms with van der Waals surface area (Å²) in [5.74, 6) is -0.952. The molecule has 1 aromatic carbocycles. The molecule has 1 aromatic heterocycles. The third-order valence-corrected chi connectivity index (χ3v) is 2.94. The minimum atomic E-state index is -0.952. The van der Waals surface area contributed by atoms with E-state index in [1.54, 1.807) is 12.1 Å². The maximum atomic E-state index is 10.8. The van der Waals surface area contributed by atoms with Gasteiger partial charge in [-0.3, -0.25) is 4.98 Å². The fraction of sp³-hybridized carbons (Fsp3) is 0.200. The molecule has 0 aliphatic carbocycles. The summed E-state index contributed by atoms with van der Waals surface area (Å²) in [6.45, 7) is 6.15. The van der Waals surface area contributed by atoms with Crippen molar-refractivity contribution in [3.8, 4) is 11.3 Å². The van der Waals surface area contributed by atoms with Crippen LogP contribution in [0.25, 0.3) is 11.3 Å². The van der Waals surface area contributed by atoms with Crippen LogP contribution in [0.4, 0.5) is 0 Å². The van der Waals surface area contributed by atoms with Crippen LogP contribution in [0.3, 0.4) is 0 Å². The van der Waals surface area contributed by atoms with E-state index in [0.717, 1.165) is 22.4 Å². The summed E-state index contributed by atoms with van der Waals surface area (Å²) in [6.07, 6.45) is 1.40. The molecule has 18 heavy (non-hydrogen) atoms. The van der Waals surface area contributed by atoms with Crippen molar-refractivity contribution in [2.24, 2.45) is 0 Å². The van der Waals surface area contributed by atoms with Crippen LogP contribution in [0.2, 0.25) is 0 Å². The topological polar surface area (TPSA) is 50.2 Å². The van der Waals surface area contributed by atoms with Gasteiger partial charge in [-0.25, -0.2) is 4.79 Å². The number of carboxylic acids is 1. The largest absolute Gasteiger partial charge is 0.478 e. The minimum Gasteiger partial charge on any atom is -0.478 e. The lowest BCUT2D eigenvalue weighted by atomic mass is 9.97. The molecule has 0 aliphatic rings. The standard InChI is InChI=1S/C15H15NO2/c1-9-6-10(2)14(11(3)7-9)13-5-4-12(8-16-13)15(17)18/h4-8H,1-3H3,(H,17,18). The molecule has 0 bridgehead atoms. The summed E-state index contributed by atoms with van der Waals surface area (Å²) in [4.78, 5) is 15.0. The molecule has 1 N–H and O–H groups in total. The van der Waals surface area contributed by atoms with Gasteiger partial charge in [-0.1, -0.05) is 17.7 Å². The van der Waals surface area contributed by atoms with Crippen LogP contribution in [0.15, 0.2) is 30.5 Å². The average Bonchev–Trinajstić information content (AvgIpc) is 2.28. The van der Waals surface area contributed by atoms with Crippen molar-refractivity contribution in [2.45, 2.75) is 20.8 Å². The molecular formula is C15H15NO2. The molecule has 92 valence electrons. The van der Waals surface area contributed by atoms with Crippen molar-refractivity contribution in [3.63, 3.8) is 0 Å². The highest BCUT2D eigenvalue weighted by Gasteiger charge is 2.09. The molecule has 3 nitrogen and oxygen atoms in total. The van der Waals surface area contributed by atoms with Gasteiger partial charge in [0.2, 0.25) is 0 Å². The second-order valence-corrected chi connectivity index (χ2v) is 4.51. The Morgan fingerprint density at radius 1 is 1.11 bits per heavy atom. The predicted molar refractivity (Wildman–Crippen MR) is 70.8 cm³/mol. The van der Waals surface area contributed by atoms with Crippen molar-refractivity contribution in [1.82, 2.24) is 4.98 Å². The first-order valence-electron chi connectivity index (χ1n) is 5.76. The zero-order valence-corrected chi connectivity index (χ0v) is 10.7. The summed E-state index contributed by atoms with van der Waals surface area (Å²) >= 11 is 0. The van der Waals surface area contributed by atoms with E-state index in [1.165, 1.54) is 11.8 Å². The van der Waals surface area contributed by atoms with Crippen molar-refractivity contribution >= 4 is 5.97 Å². The number of pyridine rings is 1. The van der Waals surface area contributed by atoms with E-state index in [2.05, 4.69) is 24.0 Å². The van der Waals surface area contributed by atoms with Crippen molar-refractivity contribution in [2.75, 3.05) is 0 Å². The van der Waals surface area contributed by atoms with Crippen LogP contribution in [0, 0.1) is 20.8 Å². The minimum absolute atomic E-state index is 0.209. The van der Waals surface area contributed by atoms with E-state index in [9.17, 15) is 4.79 Å². The normalized spacial score (nSPS) is 10.4. The van der Waals surface area contributed by atoms with E-state index in [1.807, 2.05) is 13.8 Å². The molecule has 0 aliphatic heterocycles. The van der Waals surface area contributed by atoms with E-state index in [0.29, 0.717) is 0 Å². The molecule has 0 saturated heterocycles. The molecule has 1 heterocycles. The number of aromatic nitrogens is 1. The van der Waals surface area contributed by atoms with E-state index >= 15 is 0 Å². The highest BCUT2D eigenvalue weighted by atomic mass is 16.4. The number of benzene rings is 1. The van der Waals surface area contributed by atoms with Gasteiger partial charge >= 0.3 is 5.97 Å². The third-order valence-electron chi connectivity index (χ3n) is 2.94. The predicted octanol–water partition coefficient (Wildman–Crippen LogP) is 3.37. The summed E-state index contributed by atoms with van der Waals surface area (Å²) in [5, 5.41) is 8.85. The van der Waals surface area contributed by atoms with Gasteiger partial charge in [0.1, 0.15) is 0 Å². The Bertz CT molecular complexity index is 577. The second-order valence-electron chi connectivity index (χ2n) is 4.51. The van der Waals surface area contributed by atoms with Crippen molar-refractivity contribution < 1.29 is 9.90 Å². The first-order valence-corrected chi connectivity index (χ1v) is 5.76. The van der Waals surface area contributed by atoms with Crippen LogP contribution >= 0.6 is 0 Å². The first kappa shape index (κ1) is 12.3. The Morgan fingerprint density at radius 3 is 2.17 bits per heavy atom. The highest BCUT2D eigenvalue weighted by Crippen LogP contribution is 2.26. The maximum absolute atomic E-state index is 10.8. The number of aromatic carboxylic acids is 1. The van der Waals surface area contributed by atoms with Crippen LogP contribution < -0.4 is 0 Å². The van der Waals surface area contributed by atoms with Crippen molar-refractivity contribution in [1.29, 1.82) is 0 Å². The molecule has 0 saturated carbocycles. The molecule has 0 spiro atoms. The van der Waals surface area contributed by atoms with Crippen molar-refractivity contribution in [3.05, 3.63) is 52.7 Å². The monoisotopic (exact) mass is 241 g/mol. The number of hydrogen-bond acceptors (Lipinski definition) is 2. The Morgan fingerprint density at radius 2 is 1.72 bits per heavy atom. The molecule has 0 amide bonds. The highest BCUT2D eigenvalue weighted by molar-refractivity contribution is 5.87. The number of aryl methyl sites for hydroxylation is 3. The quantitative estimate of drug-likeness (QED) is 0.876. The molecule has 2 aromatic rings. The molecule has 0 fully saturated rings. The van der Waals surface area contributed by atoms with Crippen LogP contribution in [-0.2, 0) is 0 Å². The SMILES string of the molecule is Cc1cc(C)c(-c2ccc(C(=O)O)cn2)c(C)c1. The van der Waals surface area contributed by atoms with Gasteiger partial charge in [-0.2, -0.15) is 0 Å². The Hall–Kier alpha value is -2.16. The van der Waals surface area contributed by atoms with E-state index in [-0.39, 0.29) is 5.56 Å². The Balaban J connectivity index is 2.52. The van der Waals surface area contributed by atoms with Gasteiger partial charge in [0.25, 0.3) is 0 Å². The zero-order chi connectivity index (χ0) is 13.3. The number of hydrogen-bond donors (Lipinski definition) is 1. The summed E-state index contributed by atoms with van der Waals surface area (Å²) in [6, 6.07) is 7.56. The van der Waals surface area contributed by atoms with Crippen LogP contribution in [0.5, 0.6) is 0 Å². The number of rotatable bonds is 2. The Kier molecular flexibility index (Phi) is 3.15. The lowest BCUT2D eigenvalue weighted by Crippen LogP contribution is -1.98. The van der Waals surface area contributed by atoms with Gasteiger partial charge < -0.3 is 5.11 Å². The molecule has 0 radical (unpaired) electrons. The fourth-order valence-electron chi connectivity index (χ4n) is 2.25. The zero-order valence-electron chi connectivity index (χ0n) is 10.7. The van der Waals surface area contributed by atoms with E-state index in [4.69, 9.17) is 5.11 Å². The van der Waals surface area contributed by atoms with Gasteiger partial charge in [0.05, 0.1) is 11.3 Å². The number of nitrogens with zero attached hydrogens (tertiary/aromatic N) is 1. The Labute approximate surface area is 106 Å². The lowest BCUT2D eigenvalue weighted by molar-refractivity contribution is 0.0696. The smallest absolute Gasteiger partial charge is 0.337 e. The third kappa shape index (κ3) is 2.25. The average molecular weight is 241 g/mol. The molecule has 0 unspecified atom stereocenters. The summed E-state index contributed by atoms with van der Waals surface area (Å²) < 4.78 is 0. The van der Waals surface area contributed by atoms with Gasteiger partial charge in [-0.05, 0) is 44.0 Å².